The van der Waals surface area contributed by atoms with Crippen molar-refractivity contribution in [1.29, 1.82) is 0 Å². The molecule has 2 unspecified atom stereocenters. The van der Waals surface area contributed by atoms with Gasteiger partial charge in [0.15, 0.2) is 0 Å². The first-order valence-electron chi connectivity index (χ1n) is 6.44. The molecule has 0 saturated carbocycles. The number of carboxylic acids is 1. The molecular weight excluding hydrogens is 292 g/mol. The van der Waals surface area contributed by atoms with Crippen molar-refractivity contribution in [1.82, 2.24) is 5.32 Å². The van der Waals surface area contributed by atoms with E-state index in [9.17, 15) is 14.4 Å². The van der Waals surface area contributed by atoms with E-state index in [-0.39, 0.29) is 17.6 Å². The van der Waals surface area contributed by atoms with Gasteiger partial charge < -0.3 is 15.7 Å². The number of anilines is 1. The molecule has 2 atom stereocenters. The van der Waals surface area contributed by atoms with Gasteiger partial charge in [-0.1, -0.05) is 18.2 Å². The quantitative estimate of drug-likeness (QED) is 0.598. The van der Waals surface area contributed by atoms with E-state index in [0.29, 0.717) is 12.2 Å². The molecule has 114 valence electrons. The van der Waals surface area contributed by atoms with Crippen LogP contribution in [0, 0.1) is 0 Å². The minimum absolute atomic E-state index is 0.138. The fourth-order valence-corrected chi connectivity index (χ4v) is 2.50. The molecule has 1 rings (SSSR count). The van der Waals surface area contributed by atoms with Gasteiger partial charge in [0.25, 0.3) is 0 Å². The Hall–Kier alpha value is -2.02. The summed E-state index contributed by atoms with van der Waals surface area (Å²) in [5.41, 5.74) is 0.723. The van der Waals surface area contributed by atoms with Crippen LogP contribution in [0.4, 0.5) is 5.69 Å². The highest BCUT2D eigenvalue weighted by Crippen LogP contribution is 2.15. The number of thioether (sulfide) groups is 1. The van der Waals surface area contributed by atoms with Crippen molar-refractivity contribution in [2.75, 3.05) is 11.1 Å². The van der Waals surface area contributed by atoms with Crippen LogP contribution in [0.3, 0.4) is 0 Å². The van der Waals surface area contributed by atoms with Gasteiger partial charge in [-0.05, 0) is 31.2 Å². The smallest absolute Gasteiger partial charge is 0.326 e. The molecule has 0 aliphatic heterocycles. The van der Waals surface area contributed by atoms with Gasteiger partial charge in [-0.15, -0.1) is 11.8 Å². The lowest BCUT2D eigenvalue weighted by atomic mass is 10.2. The maximum atomic E-state index is 11.9. The second kappa shape index (κ2) is 9.02. The van der Waals surface area contributed by atoms with Gasteiger partial charge in [0.05, 0.1) is 5.25 Å². The number of aliphatic carboxylic acids is 1. The average Bonchev–Trinajstić information content (AvgIpc) is 2.47. The number of amides is 2. The van der Waals surface area contributed by atoms with E-state index in [2.05, 4.69) is 10.6 Å². The topological polar surface area (TPSA) is 95.5 Å². The number of para-hydroxylation sites is 1. The zero-order chi connectivity index (χ0) is 15.7. The van der Waals surface area contributed by atoms with Gasteiger partial charge in [0.2, 0.25) is 12.3 Å². The Bertz CT molecular complexity index is 481. The number of carboxylic acid groups (broad SMARTS) is 1. The first-order valence-corrected chi connectivity index (χ1v) is 7.49. The normalized spacial score (nSPS) is 13.0. The lowest BCUT2D eigenvalue weighted by Crippen LogP contribution is -2.36. The summed E-state index contributed by atoms with van der Waals surface area (Å²) in [5, 5.41) is 13.6. The summed E-state index contributed by atoms with van der Waals surface area (Å²) in [6.45, 7) is 1.76. The van der Waals surface area contributed by atoms with Gasteiger partial charge >= 0.3 is 5.97 Å². The molecule has 0 spiro atoms. The standard InChI is InChI=1S/C14H18N2O4S/c1-10(13(18)16-11-5-3-2-4-6-11)21-8-7-12(14(19)20)15-9-17/h2-6,9-10,12H,7-8H2,1H3,(H,15,17)(H,16,18)(H,19,20). The number of nitrogens with one attached hydrogen (secondary N) is 2. The van der Waals surface area contributed by atoms with Crippen LogP contribution in [0.1, 0.15) is 13.3 Å². The summed E-state index contributed by atoms with van der Waals surface area (Å²) < 4.78 is 0. The van der Waals surface area contributed by atoms with Crippen molar-refractivity contribution in [2.24, 2.45) is 0 Å². The second-order valence-electron chi connectivity index (χ2n) is 4.33. The Kier molecular flexibility index (Phi) is 7.31. The van der Waals surface area contributed by atoms with Crippen molar-refractivity contribution in [3.63, 3.8) is 0 Å². The molecule has 0 aliphatic rings. The van der Waals surface area contributed by atoms with Crippen LogP contribution in [0.2, 0.25) is 0 Å². The average molecular weight is 310 g/mol. The van der Waals surface area contributed by atoms with Gasteiger partial charge in [-0.2, -0.15) is 0 Å². The van der Waals surface area contributed by atoms with E-state index in [1.54, 1.807) is 19.1 Å². The second-order valence-corrected chi connectivity index (χ2v) is 5.78. The lowest BCUT2D eigenvalue weighted by Gasteiger charge is -2.14. The number of hydrogen-bond acceptors (Lipinski definition) is 4. The molecule has 21 heavy (non-hydrogen) atoms. The van der Waals surface area contributed by atoms with E-state index in [1.807, 2.05) is 18.2 Å². The number of carbonyl (C=O) groups is 3. The molecule has 0 aliphatic carbocycles. The maximum absolute atomic E-state index is 11.9. The lowest BCUT2D eigenvalue weighted by molar-refractivity contribution is -0.140. The Morgan fingerprint density at radius 2 is 2.00 bits per heavy atom. The molecule has 0 fully saturated rings. The molecule has 1 aromatic rings. The summed E-state index contributed by atoms with van der Waals surface area (Å²) in [4.78, 5) is 33.0. The van der Waals surface area contributed by atoms with Gasteiger partial charge in [-0.3, -0.25) is 9.59 Å². The number of carbonyl (C=O) groups excluding carboxylic acids is 2. The third-order valence-corrected chi connectivity index (χ3v) is 3.94. The SMILES string of the molecule is CC(SCCC(NC=O)C(=O)O)C(=O)Nc1ccccc1. The molecular formula is C14H18N2O4S. The van der Waals surface area contributed by atoms with Crippen molar-refractivity contribution in [3.8, 4) is 0 Å². The van der Waals surface area contributed by atoms with Crippen LogP contribution in [-0.2, 0) is 14.4 Å². The number of benzene rings is 1. The molecule has 0 heterocycles. The van der Waals surface area contributed by atoms with Crippen LogP contribution in [0.15, 0.2) is 30.3 Å². The Labute approximate surface area is 127 Å². The van der Waals surface area contributed by atoms with Crippen molar-refractivity contribution in [3.05, 3.63) is 30.3 Å². The third kappa shape index (κ3) is 6.31. The van der Waals surface area contributed by atoms with E-state index in [1.165, 1.54) is 11.8 Å². The first-order chi connectivity index (χ1) is 10.0. The predicted octanol–water partition coefficient (Wildman–Crippen LogP) is 1.34. The zero-order valence-corrected chi connectivity index (χ0v) is 12.4. The molecule has 6 nitrogen and oxygen atoms in total. The fraction of sp³-hybridized carbons (Fsp3) is 0.357. The summed E-state index contributed by atoms with van der Waals surface area (Å²) in [7, 11) is 0. The van der Waals surface area contributed by atoms with Crippen molar-refractivity contribution in [2.45, 2.75) is 24.6 Å². The largest absolute Gasteiger partial charge is 0.480 e. The summed E-state index contributed by atoms with van der Waals surface area (Å²) in [5.74, 6) is -0.758. The molecule has 0 bridgehead atoms. The highest BCUT2D eigenvalue weighted by molar-refractivity contribution is 8.00. The predicted molar refractivity (Wildman–Crippen MR) is 82.2 cm³/mol. The van der Waals surface area contributed by atoms with E-state index >= 15 is 0 Å². The van der Waals surface area contributed by atoms with Gasteiger partial charge in [-0.25, -0.2) is 4.79 Å². The summed E-state index contributed by atoms with van der Waals surface area (Å²) in [6, 6.07) is 8.19. The molecule has 3 N–H and O–H groups in total. The highest BCUT2D eigenvalue weighted by Gasteiger charge is 2.18. The van der Waals surface area contributed by atoms with Crippen LogP contribution in [0.5, 0.6) is 0 Å². The Morgan fingerprint density at radius 1 is 1.33 bits per heavy atom. The van der Waals surface area contributed by atoms with Crippen LogP contribution in [0.25, 0.3) is 0 Å². The Balaban J connectivity index is 2.35. The van der Waals surface area contributed by atoms with Crippen molar-refractivity contribution >= 4 is 35.7 Å². The minimum Gasteiger partial charge on any atom is -0.480 e. The van der Waals surface area contributed by atoms with Gasteiger partial charge in [0.1, 0.15) is 6.04 Å². The van der Waals surface area contributed by atoms with Crippen LogP contribution < -0.4 is 10.6 Å². The molecule has 7 heteroatoms. The van der Waals surface area contributed by atoms with E-state index in [0.717, 1.165) is 5.69 Å². The molecule has 1 aromatic carbocycles. The number of rotatable bonds is 9. The maximum Gasteiger partial charge on any atom is 0.326 e. The minimum atomic E-state index is -1.08. The fourth-order valence-electron chi connectivity index (χ4n) is 1.56. The zero-order valence-electron chi connectivity index (χ0n) is 11.6. The van der Waals surface area contributed by atoms with Gasteiger partial charge in [0, 0.05) is 5.69 Å². The number of hydrogen-bond donors (Lipinski definition) is 3. The molecule has 0 radical (unpaired) electrons. The molecule has 0 saturated heterocycles. The third-order valence-electron chi connectivity index (χ3n) is 2.75. The summed E-state index contributed by atoms with van der Waals surface area (Å²) >= 11 is 1.34. The monoisotopic (exact) mass is 310 g/mol. The van der Waals surface area contributed by atoms with Crippen molar-refractivity contribution < 1.29 is 19.5 Å². The summed E-state index contributed by atoms with van der Waals surface area (Å²) in [6.07, 6.45) is 0.636. The highest BCUT2D eigenvalue weighted by atomic mass is 32.2. The molecule has 2 amide bonds. The Morgan fingerprint density at radius 3 is 2.57 bits per heavy atom. The van der Waals surface area contributed by atoms with Crippen LogP contribution >= 0.6 is 11.8 Å². The molecule has 0 aromatic heterocycles. The van der Waals surface area contributed by atoms with E-state index < -0.39 is 12.0 Å². The first kappa shape index (κ1) is 17.0. The van der Waals surface area contributed by atoms with E-state index in [4.69, 9.17) is 5.11 Å². The van der Waals surface area contributed by atoms with Crippen LogP contribution in [-0.4, -0.2) is 40.4 Å².